The Labute approximate surface area is 86.1 Å². The van der Waals surface area contributed by atoms with Crippen LogP contribution in [0.3, 0.4) is 0 Å². The number of benzene rings is 1. The van der Waals surface area contributed by atoms with Crippen LogP contribution >= 0.6 is 0 Å². The van der Waals surface area contributed by atoms with Crippen LogP contribution in [-0.4, -0.2) is 5.78 Å². The summed E-state index contributed by atoms with van der Waals surface area (Å²) >= 11 is 0. The van der Waals surface area contributed by atoms with Crippen molar-refractivity contribution < 1.29 is 4.79 Å². The van der Waals surface area contributed by atoms with Crippen LogP contribution < -0.4 is 0 Å². The van der Waals surface area contributed by atoms with Crippen molar-refractivity contribution in [2.75, 3.05) is 0 Å². The van der Waals surface area contributed by atoms with E-state index in [1.54, 1.807) is 6.92 Å². The summed E-state index contributed by atoms with van der Waals surface area (Å²) in [5.41, 5.74) is 2.48. The fourth-order valence-corrected chi connectivity index (χ4v) is 1.50. The van der Waals surface area contributed by atoms with Gasteiger partial charge in [0.25, 0.3) is 0 Å². The van der Waals surface area contributed by atoms with Crippen molar-refractivity contribution in [3.8, 4) is 0 Å². The molecule has 1 aromatic carbocycles. The molecule has 0 N–H and O–H groups in total. The van der Waals surface area contributed by atoms with Gasteiger partial charge in [0.1, 0.15) is 5.78 Å². The van der Waals surface area contributed by atoms with Crippen molar-refractivity contribution in [3.05, 3.63) is 35.4 Å². The molecule has 0 bridgehead atoms. The second-order valence-electron chi connectivity index (χ2n) is 3.82. The first-order valence-corrected chi connectivity index (χ1v) is 5.24. The van der Waals surface area contributed by atoms with E-state index in [1.807, 2.05) is 6.92 Å². The van der Waals surface area contributed by atoms with E-state index in [0.29, 0.717) is 0 Å². The topological polar surface area (TPSA) is 17.1 Å². The van der Waals surface area contributed by atoms with Crippen LogP contribution in [-0.2, 0) is 11.2 Å². The van der Waals surface area contributed by atoms with Crippen LogP contribution in [0.4, 0.5) is 0 Å². The van der Waals surface area contributed by atoms with Crippen LogP contribution in [0.25, 0.3) is 0 Å². The number of rotatable bonds is 4. The number of ketones is 1. The van der Waals surface area contributed by atoms with Crippen LogP contribution in [0.2, 0.25) is 0 Å². The van der Waals surface area contributed by atoms with Gasteiger partial charge in [-0.05, 0) is 24.5 Å². The Morgan fingerprint density at radius 2 is 1.86 bits per heavy atom. The Morgan fingerprint density at radius 3 is 2.29 bits per heavy atom. The quantitative estimate of drug-likeness (QED) is 0.711. The molecule has 0 aliphatic rings. The van der Waals surface area contributed by atoms with E-state index in [9.17, 15) is 4.79 Å². The molecule has 1 aromatic rings. The smallest absolute Gasteiger partial charge is 0.136 e. The van der Waals surface area contributed by atoms with Gasteiger partial charge in [0.2, 0.25) is 0 Å². The number of hydrogen-bond acceptors (Lipinski definition) is 1. The maximum atomic E-state index is 11.2. The summed E-state index contributed by atoms with van der Waals surface area (Å²) in [7, 11) is 0. The van der Waals surface area contributed by atoms with Gasteiger partial charge in [0.15, 0.2) is 0 Å². The Hall–Kier alpha value is -1.11. The molecule has 14 heavy (non-hydrogen) atoms. The Bertz CT molecular complexity index is 298. The van der Waals surface area contributed by atoms with Gasteiger partial charge in [-0.15, -0.1) is 0 Å². The number of hydrogen-bond donors (Lipinski definition) is 0. The van der Waals surface area contributed by atoms with Gasteiger partial charge in [-0.25, -0.2) is 0 Å². The first-order valence-electron chi connectivity index (χ1n) is 5.24. The van der Waals surface area contributed by atoms with Crippen LogP contribution in [0.1, 0.15) is 44.2 Å². The summed E-state index contributed by atoms with van der Waals surface area (Å²) in [4.78, 5) is 11.2. The molecule has 0 saturated heterocycles. The van der Waals surface area contributed by atoms with E-state index >= 15 is 0 Å². The maximum Gasteiger partial charge on any atom is 0.136 e. The third-order valence-corrected chi connectivity index (χ3v) is 2.63. The zero-order chi connectivity index (χ0) is 10.6. The summed E-state index contributed by atoms with van der Waals surface area (Å²) < 4.78 is 0. The number of Topliss-reactive ketones (excluding diaryl/α,β-unsaturated/α-hetero) is 1. The lowest BCUT2D eigenvalue weighted by molar-refractivity contribution is -0.118. The minimum Gasteiger partial charge on any atom is -0.299 e. The summed E-state index contributed by atoms with van der Waals surface area (Å²) in [6.45, 7) is 5.77. The lowest BCUT2D eigenvalue weighted by atomic mass is 9.96. The third-order valence-electron chi connectivity index (χ3n) is 2.63. The van der Waals surface area contributed by atoms with Gasteiger partial charge < -0.3 is 0 Å². The SMILES string of the molecule is CCCc1ccc([C@H](C)C(C)=O)cc1. The monoisotopic (exact) mass is 190 g/mol. The summed E-state index contributed by atoms with van der Waals surface area (Å²) in [6.07, 6.45) is 2.29. The summed E-state index contributed by atoms with van der Waals surface area (Å²) in [5, 5.41) is 0. The zero-order valence-corrected chi connectivity index (χ0v) is 9.21. The molecule has 0 fully saturated rings. The molecule has 0 aliphatic heterocycles. The highest BCUT2D eigenvalue weighted by Crippen LogP contribution is 2.17. The first kappa shape index (κ1) is 11.0. The molecule has 1 rings (SSSR count). The number of carbonyl (C=O) groups excluding carboxylic acids is 1. The van der Waals surface area contributed by atoms with Gasteiger partial charge in [-0.3, -0.25) is 4.79 Å². The predicted molar refractivity (Wildman–Crippen MR) is 59.5 cm³/mol. The van der Waals surface area contributed by atoms with E-state index in [4.69, 9.17) is 0 Å². The highest BCUT2D eigenvalue weighted by Gasteiger charge is 2.09. The zero-order valence-electron chi connectivity index (χ0n) is 9.21. The number of carbonyl (C=O) groups is 1. The van der Waals surface area contributed by atoms with Gasteiger partial charge in [-0.1, -0.05) is 44.5 Å². The average molecular weight is 190 g/mol. The standard InChI is InChI=1S/C13H18O/c1-4-5-12-6-8-13(9-7-12)10(2)11(3)14/h6-10H,4-5H2,1-3H3/t10-/m1/s1. The minimum absolute atomic E-state index is 0.0330. The highest BCUT2D eigenvalue weighted by molar-refractivity contribution is 5.82. The third kappa shape index (κ3) is 2.69. The van der Waals surface area contributed by atoms with Crippen LogP contribution in [0, 0.1) is 0 Å². The Balaban J connectivity index is 2.77. The van der Waals surface area contributed by atoms with Crippen molar-refractivity contribution >= 4 is 5.78 Å². The fourth-order valence-electron chi connectivity index (χ4n) is 1.50. The van der Waals surface area contributed by atoms with Gasteiger partial charge in [0.05, 0.1) is 0 Å². The largest absolute Gasteiger partial charge is 0.299 e. The molecule has 0 unspecified atom stereocenters. The molecule has 1 heteroatoms. The summed E-state index contributed by atoms with van der Waals surface area (Å²) in [5.74, 6) is 0.263. The lowest BCUT2D eigenvalue weighted by Crippen LogP contribution is -2.03. The van der Waals surface area contributed by atoms with E-state index < -0.39 is 0 Å². The molecule has 1 atom stereocenters. The molecular formula is C13H18O. The molecular weight excluding hydrogens is 172 g/mol. The highest BCUT2D eigenvalue weighted by atomic mass is 16.1. The number of aryl methyl sites for hydroxylation is 1. The molecule has 0 radical (unpaired) electrons. The van der Waals surface area contributed by atoms with Gasteiger partial charge in [-0.2, -0.15) is 0 Å². The van der Waals surface area contributed by atoms with E-state index in [2.05, 4.69) is 31.2 Å². The summed E-state index contributed by atoms with van der Waals surface area (Å²) in [6, 6.07) is 8.38. The second-order valence-corrected chi connectivity index (χ2v) is 3.82. The predicted octanol–water partition coefficient (Wildman–Crippen LogP) is 3.33. The van der Waals surface area contributed by atoms with Crippen molar-refractivity contribution in [2.24, 2.45) is 0 Å². The van der Waals surface area contributed by atoms with Gasteiger partial charge >= 0.3 is 0 Å². The minimum atomic E-state index is 0.0330. The fraction of sp³-hybridized carbons (Fsp3) is 0.462. The second kappa shape index (κ2) is 4.94. The Morgan fingerprint density at radius 1 is 1.29 bits per heavy atom. The molecule has 0 saturated carbocycles. The molecule has 76 valence electrons. The van der Waals surface area contributed by atoms with Crippen LogP contribution in [0.5, 0.6) is 0 Å². The molecule has 0 aromatic heterocycles. The van der Waals surface area contributed by atoms with Crippen molar-refractivity contribution in [1.82, 2.24) is 0 Å². The molecule has 0 heterocycles. The van der Waals surface area contributed by atoms with E-state index in [-0.39, 0.29) is 11.7 Å². The molecule has 0 spiro atoms. The molecule has 1 nitrogen and oxygen atoms in total. The molecule has 0 amide bonds. The maximum absolute atomic E-state index is 11.2. The lowest BCUT2D eigenvalue weighted by Gasteiger charge is -2.08. The van der Waals surface area contributed by atoms with E-state index in [0.717, 1.165) is 12.0 Å². The van der Waals surface area contributed by atoms with Crippen molar-refractivity contribution in [2.45, 2.75) is 39.5 Å². The average Bonchev–Trinajstić information content (AvgIpc) is 2.18. The Kier molecular flexibility index (Phi) is 3.87. The van der Waals surface area contributed by atoms with Gasteiger partial charge in [0, 0.05) is 5.92 Å². The molecule has 0 aliphatic carbocycles. The van der Waals surface area contributed by atoms with Crippen LogP contribution in [0.15, 0.2) is 24.3 Å². The normalized spacial score (nSPS) is 12.5. The first-order chi connectivity index (χ1) is 6.65. The van der Waals surface area contributed by atoms with Crippen molar-refractivity contribution in [1.29, 1.82) is 0 Å². The van der Waals surface area contributed by atoms with Crippen molar-refractivity contribution in [3.63, 3.8) is 0 Å². The van der Waals surface area contributed by atoms with E-state index in [1.165, 1.54) is 12.0 Å².